The lowest BCUT2D eigenvalue weighted by Crippen LogP contribution is -2.32. The van der Waals surface area contributed by atoms with Crippen molar-refractivity contribution >= 4 is 37.3 Å². The average Bonchev–Trinajstić information content (AvgIpc) is 2.89. The first kappa shape index (κ1) is 13.5. The summed E-state index contributed by atoms with van der Waals surface area (Å²) >= 11 is 4.53. The Morgan fingerprint density at radius 1 is 1.65 bits per heavy atom. The third kappa shape index (κ3) is 3.08. The van der Waals surface area contributed by atoms with E-state index >= 15 is 0 Å². The van der Waals surface area contributed by atoms with E-state index in [2.05, 4.69) is 21.2 Å². The minimum atomic E-state index is -3.31. The van der Waals surface area contributed by atoms with Gasteiger partial charge < -0.3 is 5.32 Å². The van der Waals surface area contributed by atoms with Crippen LogP contribution in [0, 0.1) is 5.92 Å². The van der Waals surface area contributed by atoms with Crippen molar-refractivity contribution in [2.75, 3.05) is 26.7 Å². The lowest BCUT2D eigenvalue weighted by molar-refractivity contribution is 0.400. The summed E-state index contributed by atoms with van der Waals surface area (Å²) in [6.45, 7) is 2.49. The summed E-state index contributed by atoms with van der Waals surface area (Å²) < 4.78 is 27.1. The van der Waals surface area contributed by atoms with Gasteiger partial charge in [0.25, 0.3) is 10.0 Å². The molecule has 4 nitrogen and oxygen atoms in total. The second kappa shape index (κ2) is 5.36. The van der Waals surface area contributed by atoms with E-state index in [1.54, 1.807) is 18.5 Å². The molecule has 96 valence electrons. The largest absolute Gasteiger partial charge is 0.316 e. The van der Waals surface area contributed by atoms with E-state index < -0.39 is 10.0 Å². The Balaban J connectivity index is 2.09. The number of sulfonamides is 1. The van der Waals surface area contributed by atoms with Crippen molar-refractivity contribution in [3.8, 4) is 0 Å². The molecule has 0 aromatic carbocycles. The lowest BCUT2D eigenvalue weighted by Gasteiger charge is -2.19. The maximum absolute atomic E-state index is 12.2. The minimum Gasteiger partial charge on any atom is -0.316 e. The first-order chi connectivity index (χ1) is 8.00. The average molecular weight is 339 g/mol. The van der Waals surface area contributed by atoms with E-state index in [9.17, 15) is 8.42 Å². The van der Waals surface area contributed by atoms with Gasteiger partial charge in [0.05, 0.1) is 0 Å². The molecule has 1 unspecified atom stereocenters. The van der Waals surface area contributed by atoms with Gasteiger partial charge in [-0.3, -0.25) is 0 Å². The molecule has 2 heterocycles. The molecule has 1 aromatic heterocycles. The van der Waals surface area contributed by atoms with Crippen LogP contribution in [-0.2, 0) is 10.0 Å². The molecule has 2 rings (SSSR count). The third-order valence-corrected chi connectivity index (χ3v) is 6.89. The number of hydrogen-bond acceptors (Lipinski definition) is 4. The molecule has 0 bridgehead atoms. The summed E-state index contributed by atoms with van der Waals surface area (Å²) in [7, 11) is -1.66. The number of nitrogens with one attached hydrogen (secondary N) is 1. The highest BCUT2D eigenvalue weighted by atomic mass is 79.9. The van der Waals surface area contributed by atoms with Crippen molar-refractivity contribution in [2.24, 2.45) is 5.92 Å². The van der Waals surface area contributed by atoms with Gasteiger partial charge >= 0.3 is 0 Å². The summed E-state index contributed by atoms with van der Waals surface area (Å²) in [4.78, 5) is 0. The maximum Gasteiger partial charge on any atom is 0.252 e. The molecule has 1 atom stereocenters. The Hall–Kier alpha value is 0.0500. The van der Waals surface area contributed by atoms with Crippen molar-refractivity contribution in [3.05, 3.63) is 15.9 Å². The zero-order valence-electron chi connectivity index (χ0n) is 9.52. The van der Waals surface area contributed by atoms with Crippen molar-refractivity contribution < 1.29 is 8.42 Å². The Morgan fingerprint density at radius 3 is 2.94 bits per heavy atom. The topological polar surface area (TPSA) is 49.4 Å². The molecule has 0 saturated carbocycles. The second-order valence-electron chi connectivity index (χ2n) is 4.23. The van der Waals surface area contributed by atoms with Gasteiger partial charge in [0.15, 0.2) is 0 Å². The van der Waals surface area contributed by atoms with Crippen LogP contribution in [0.3, 0.4) is 0 Å². The van der Waals surface area contributed by atoms with Gasteiger partial charge in [-0.25, -0.2) is 8.42 Å². The highest BCUT2D eigenvalue weighted by Gasteiger charge is 2.26. The van der Waals surface area contributed by atoms with Crippen LogP contribution in [0.5, 0.6) is 0 Å². The summed E-state index contributed by atoms with van der Waals surface area (Å²) in [6.07, 6.45) is 1.05. The molecule has 1 fully saturated rings. The van der Waals surface area contributed by atoms with E-state index in [1.807, 2.05) is 0 Å². The zero-order valence-corrected chi connectivity index (χ0v) is 12.7. The molecule has 1 aromatic rings. The van der Waals surface area contributed by atoms with Gasteiger partial charge in [-0.05, 0) is 47.4 Å². The minimum absolute atomic E-state index is 0.401. The molecule has 0 aliphatic carbocycles. The van der Waals surface area contributed by atoms with Crippen LogP contribution in [0.25, 0.3) is 0 Å². The predicted molar refractivity (Wildman–Crippen MR) is 72.8 cm³/mol. The molecule has 1 saturated heterocycles. The quantitative estimate of drug-likeness (QED) is 0.909. The monoisotopic (exact) mass is 338 g/mol. The number of halogens is 1. The maximum atomic E-state index is 12.2. The van der Waals surface area contributed by atoms with E-state index in [1.165, 1.54) is 15.6 Å². The number of nitrogens with zero attached hydrogens (tertiary/aromatic N) is 1. The first-order valence-corrected chi connectivity index (χ1v) is 8.52. The van der Waals surface area contributed by atoms with Crippen molar-refractivity contribution in [3.63, 3.8) is 0 Å². The zero-order chi connectivity index (χ0) is 12.5. The van der Waals surface area contributed by atoms with Gasteiger partial charge in [0.1, 0.15) is 4.21 Å². The summed E-state index contributed by atoms with van der Waals surface area (Å²) in [5.74, 6) is 0.429. The van der Waals surface area contributed by atoms with Crippen LogP contribution < -0.4 is 5.32 Å². The lowest BCUT2D eigenvalue weighted by atomic mass is 10.1. The Kier molecular flexibility index (Phi) is 4.25. The number of rotatable bonds is 4. The molecule has 1 aliphatic heterocycles. The van der Waals surface area contributed by atoms with E-state index in [0.29, 0.717) is 16.7 Å². The molecule has 17 heavy (non-hydrogen) atoms. The molecule has 0 spiro atoms. The van der Waals surface area contributed by atoms with E-state index in [-0.39, 0.29) is 0 Å². The van der Waals surface area contributed by atoms with E-state index in [4.69, 9.17) is 0 Å². The van der Waals surface area contributed by atoms with Crippen LogP contribution in [-0.4, -0.2) is 39.4 Å². The predicted octanol–water partition coefficient (Wildman–Crippen LogP) is 1.74. The molecular weight excluding hydrogens is 324 g/mol. The molecular formula is C10H15BrN2O2S2. The van der Waals surface area contributed by atoms with Gasteiger partial charge in [0, 0.05) is 23.4 Å². The third-order valence-electron chi connectivity index (χ3n) is 2.89. The second-order valence-corrected chi connectivity index (χ2v) is 8.33. The number of hydrogen-bond donors (Lipinski definition) is 1. The van der Waals surface area contributed by atoms with Crippen LogP contribution in [0.4, 0.5) is 0 Å². The molecule has 0 amide bonds. The Morgan fingerprint density at radius 2 is 2.41 bits per heavy atom. The van der Waals surface area contributed by atoms with Gasteiger partial charge in [-0.2, -0.15) is 4.31 Å². The molecule has 1 N–H and O–H groups in total. The highest BCUT2D eigenvalue weighted by molar-refractivity contribution is 9.10. The van der Waals surface area contributed by atoms with Crippen LogP contribution in [0.15, 0.2) is 20.1 Å². The Labute approximate surface area is 114 Å². The van der Waals surface area contributed by atoms with E-state index in [0.717, 1.165) is 24.0 Å². The van der Waals surface area contributed by atoms with Crippen LogP contribution in [0.1, 0.15) is 6.42 Å². The van der Waals surface area contributed by atoms with Crippen LogP contribution >= 0.6 is 27.3 Å². The standard InChI is InChI=1S/C10H15BrN2O2S2/c1-13(6-8-2-3-12-5-8)17(14,15)10-4-9(11)7-16-10/h4,7-8,12H,2-3,5-6H2,1H3. The van der Waals surface area contributed by atoms with Crippen molar-refractivity contribution in [1.29, 1.82) is 0 Å². The fourth-order valence-electron chi connectivity index (χ4n) is 1.92. The highest BCUT2D eigenvalue weighted by Crippen LogP contribution is 2.27. The summed E-state index contributed by atoms with van der Waals surface area (Å²) in [5, 5.41) is 5.04. The first-order valence-electron chi connectivity index (χ1n) is 5.41. The van der Waals surface area contributed by atoms with Gasteiger partial charge in [-0.1, -0.05) is 0 Å². The van der Waals surface area contributed by atoms with Crippen molar-refractivity contribution in [2.45, 2.75) is 10.6 Å². The normalized spacial score (nSPS) is 21.2. The van der Waals surface area contributed by atoms with Gasteiger partial charge in [-0.15, -0.1) is 11.3 Å². The summed E-state index contributed by atoms with van der Waals surface area (Å²) in [5.41, 5.74) is 0. The number of thiophene rings is 1. The van der Waals surface area contributed by atoms with Crippen LogP contribution in [0.2, 0.25) is 0 Å². The van der Waals surface area contributed by atoms with Crippen molar-refractivity contribution in [1.82, 2.24) is 9.62 Å². The Bertz CT molecular complexity index is 480. The smallest absolute Gasteiger partial charge is 0.252 e. The SMILES string of the molecule is CN(CC1CCNC1)S(=O)(=O)c1cc(Br)cs1. The fourth-order valence-corrected chi connectivity index (χ4v) is 5.22. The molecule has 1 aliphatic rings. The fraction of sp³-hybridized carbons (Fsp3) is 0.600. The summed E-state index contributed by atoms with van der Waals surface area (Å²) in [6, 6.07) is 1.66. The van der Waals surface area contributed by atoms with Gasteiger partial charge in [0.2, 0.25) is 0 Å². The molecule has 0 radical (unpaired) electrons. The molecule has 7 heteroatoms.